The topological polar surface area (TPSA) is 111 Å². The molecule has 8 heteroatoms. The molecule has 0 aliphatic heterocycles. The lowest BCUT2D eigenvalue weighted by Crippen LogP contribution is -2.29. The number of anilines is 1. The van der Waals surface area contributed by atoms with Crippen LogP contribution in [0.25, 0.3) is 43.1 Å². The number of rotatable bonds is 19. The molecule has 0 heterocycles. The van der Waals surface area contributed by atoms with E-state index < -0.39 is 10.8 Å². The van der Waals surface area contributed by atoms with Gasteiger partial charge in [-0.05, 0) is 229 Å². The number of carbonyl (C=O) groups excluding carboxylic acids is 4. The number of amides is 2. The van der Waals surface area contributed by atoms with E-state index in [4.69, 9.17) is 9.47 Å². The minimum absolute atomic E-state index is 0.0752. The molecule has 13 rings (SSSR count). The van der Waals surface area contributed by atoms with Gasteiger partial charge in [-0.3, -0.25) is 19.2 Å². The highest BCUT2D eigenvalue weighted by molar-refractivity contribution is 5.95. The van der Waals surface area contributed by atoms with Crippen LogP contribution >= 0.6 is 0 Å². The SMILES string of the molecule is CC.CC.CC.CC.CC.CC.CC.CC.CC1c2cccc3cccc(c23)C1C.CCC(C)(C)C(=O)Nc1ccccc1.CCC(C)(C)C(=O)Oc1ccc2ccccc2c1.CCC(C)(C)C(=O)Oc1ccccc1.CCC(C)C(=O)NCc1cc(C)cc(C)c1.CCC(C)c1ccc2ccccc2c1.CCC(C)c1cccc2ccccc12.CCC(C)c1ccccc1. The molecule has 1 aliphatic carbocycles. The highest BCUT2D eigenvalue weighted by Gasteiger charge is 2.30. The fourth-order valence-electron chi connectivity index (χ4n) is 12.6. The molecule has 2 N–H and O–H groups in total. The number of hydrogen-bond donors (Lipinski definition) is 2. The molecule has 130 heavy (non-hydrogen) atoms. The summed E-state index contributed by atoms with van der Waals surface area (Å²) in [5, 5.41) is 16.4. The van der Waals surface area contributed by atoms with E-state index in [9.17, 15) is 19.2 Å². The molecule has 0 fully saturated rings. The van der Waals surface area contributed by atoms with Gasteiger partial charge in [0, 0.05) is 23.6 Å². The van der Waals surface area contributed by atoms with E-state index in [1.54, 1.807) is 12.1 Å². The van der Waals surface area contributed by atoms with Crippen molar-refractivity contribution in [2.75, 3.05) is 5.32 Å². The lowest BCUT2D eigenvalue weighted by atomic mass is 9.89. The van der Waals surface area contributed by atoms with E-state index in [-0.39, 0.29) is 35.1 Å². The number of para-hydroxylation sites is 2. The first-order valence-corrected chi connectivity index (χ1v) is 49.7. The van der Waals surface area contributed by atoms with Crippen LogP contribution < -0.4 is 20.1 Å². The Balaban J connectivity index is -0.00000139. The average molecular weight is 1770 g/mol. The largest absolute Gasteiger partial charge is 0.426 e. The Kier molecular flexibility index (Phi) is 67.9. The second kappa shape index (κ2) is 71.3. The van der Waals surface area contributed by atoms with Crippen LogP contribution in [0.1, 0.15) is 361 Å². The van der Waals surface area contributed by atoms with E-state index in [2.05, 4.69) is 250 Å². The van der Waals surface area contributed by atoms with Crippen LogP contribution in [0.4, 0.5) is 5.69 Å². The standard InChI is InChI=1S/C16H18O2.C14H21NO.C14H14.2C14H16.C12H17NO.C12H16O2.C10H14.8C2H6/c1-4-16(2,3)15(17)18-14-10-9-12-7-5-6-8-13(12)11-14;1-5-12(4)14(16)15-9-13-7-10(2)6-11(3)8-13;1-9-10(2)13-8-4-6-11-5-3-7-12(9)14(11)13;1-3-11(2)13-10-6-8-12-7-4-5-9-14(12)13;1-3-11(2)13-9-8-12-6-4-5-7-14(12)10-13;1-4-12(2,3)11(14)13-10-8-6-5-7-9-10;1-4-12(2,3)11(13)14-10-8-6-5-7-9-10;1-3-9(2)10-7-5-4-6-8-10;8*1-2/h5-11H,4H2,1-3H3;6-8,12H,5,9H2,1-4H3,(H,15,16);3-10H,1-2H3;2*4-11H,3H2,1-2H3;5-9H,4H2,1-3H3,(H,13,14);5-9H,4H2,1-3H3;4-9H,3H2,1-2H3;8*1-2H3. The number of hydrogen-bond acceptors (Lipinski definition) is 6. The van der Waals surface area contributed by atoms with Crippen molar-refractivity contribution in [1.82, 2.24) is 5.32 Å². The van der Waals surface area contributed by atoms with Gasteiger partial charge >= 0.3 is 11.9 Å². The summed E-state index contributed by atoms with van der Waals surface area (Å²) < 4.78 is 10.7. The van der Waals surface area contributed by atoms with Crippen molar-refractivity contribution in [2.24, 2.45) is 22.2 Å². The number of aryl methyl sites for hydroxylation is 2. The molecule has 0 aromatic heterocycles. The molecule has 6 atom stereocenters. The lowest BCUT2D eigenvalue weighted by molar-refractivity contribution is -0.144. The zero-order valence-corrected chi connectivity index (χ0v) is 88.6. The van der Waals surface area contributed by atoms with Crippen molar-refractivity contribution in [1.29, 1.82) is 0 Å². The molecular formula is C122H180N2O6. The van der Waals surface area contributed by atoms with Gasteiger partial charge in [-0.2, -0.15) is 0 Å². The molecular weight excluding hydrogens is 1590 g/mol. The maximum atomic E-state index is 12.0. The lowest BCUT2D eigenvalue weighted by Gasteiger charge is -2.21. The number of ether oxygens (including phenoxy) is 2. The van der Waals surface area contributed by atoms with Crippen molar-refractivity contribution >= 4 is 72.5 Å². The fourth-order valence-corrected chi connectivity index (χ4v) is 12.6. The summed E-state index contributed by atoms with van der Waals surface area (Å²) in [6.07, 6.45) is 6.90. The van der Waals surface area contributed by atoms with Crippen molar-refractivity contribution in [3.63, 3.8) is 0 Å². The maximum absolute atomic E-state index is 12.0. The van der Waals surface area contributed by atoms with Gasteiger partial charge in [0.25, 0.3) is 0 Å². The smallest absolute Gasteiger partial charge is 0.316 e. The molecule has 1 aliphatic rings. The van der Waals surface area contributed by atoms with Crippen LogP contribution in [0.5, 0.6) is 11.5 Å². The van der Waals surface area contributed by atoms with Gasteiger partial charge in [-0.1, -0.05) is 462 Å². The molecule has 12 aromatic carbocycles. The van der Waals surface area contributed by atoms with Crippen LogP contribution in [0.15, 0.2) is 273 Å². The van der Waals surface area contributed by atoms with Gasteiger partial charge in [0.05, 0.1) is 10.8 Å². The minimum Gasteiger partial charge on any atom is -0.426 e. The second-order valence-electron chi connectivity index (χ2n) is 32.5. The van der Waals surface area contributed by atoms with Gasteiger partial charge in [0.2, 0.25) is 11.8 Å². The van der Waals surface area contributed by atoms with Crippen molar-refractivity contribution < 1.29 is 28.7 Å². The van der Waals surface area contributed by atoms with Gasteiger partial charge in [-0.15, -0.1) is 0 Å². The Morgan fingerprint density at radius 2 is 0.708 bits per heavy atom. The van der Waals surface area contributed by atoms with Gasteiger partial charge in [-0.25, -0.2) is 0 Å². The summed E-state index contributed by atoms with van der Waals surface area (Å²) in [4.78, 5) is 47.0. The number of carbonyl (C=O) groups is 4. The van der Waals surface area contributed by atoms with Crippen LogP contribution in [0, 0.1) is 36.0 Å². The number of benzene rings is 12. The Labute approximate surface area is 795 Å². The summed E-state index contributed by atoms with van der Waals surface area (Å²) >= 11 is 0. The summed E-state index contributed by atoms with van der Waals surface area (Å²) in [7, 11) is 0. The third kappa shape index (κ3) is 44.0. The summed E-state index contributed by atoms with van der Waals surface area (Å²) in [6, 6.07) is 93.3. The molecule has 8 nitrogen and oxygen atoms in total. The summed E-state index contributed by atoms with van der Waals surface area (Å²) in [6.45, 7) is 76.4. The Morgan fingerprint density at radius 1 is 0.338 bits per heavy atom. The molecule has 0 bridgehead atoms. The Hall–Kier alpha value is -10.4. The zero-order chi connectivity index (χ0) is 99.5. The van der Waals surface area contributed by atoms with Gasteiger partial charge < -0.3 is 20.1 Å². The van der Waals surface area contributed by atoms with Crippen molar-refractivity contribution in [3.05, 3.63) is 317 Å². The number of nitrogens with one attached hydrogen (secondary N) is 2. The van der Waals surface area contributed by atoms with Crippen LogP contribution in [0.2, 0.25) is 0 Å². The molecule has 12 aromatic rings. The van der Waals surface area contributed by atoms with E-state index >= 15 is 0 Å². The second-order valence-corrected chi connectivity index (χ2v) is 32.5. The quantitative estimate of drug-likeness (QED) is 0.0616. The van der Waals surface area contributed by atoms with Crippen LogP contribution in [0.3, 0.4) is 0 Å². The maximum Gasteiger partial charge on any atom is 0.316 e. The molecule has 714 valence electrons. The molecule has 0 radical (unpaired) electrons. The molecule has 6 unspecified atom stereocenters. The number of esters is 2. The summed E-state index contributed by atoms with van der Waals surface area (Å²) in [5.41, 5.74) is 10.8. The van der Waals surface area contributed by atoms with Gasteiger partial charge in [0.15, 0.2) is 0 Å². The predicted molar refractivity (Wildman–Crippen MR) is 578 cm³/mol. The Morgan fingerprint density at radius 3 is 1.15 bits per heavy atom. The third-order valence-electron chi connectivity index (χ3n) is 22.7. The first-order chi connectivity index (χ1) is 62.4. The third-order valence-corrected chi connectivity index (χ3v) is 22.7. The highest BCUT2D eigenvalue weighted by Crippen LogP contribution is 2.46. The van der Waals surface area contributed by atoms with E-state index in [0.29, 0.717) is 47.6 Å². The van der Waals surface area contributed by atoms with Gasteiger partial charge in [0.1, 0.15) is 11.5 Å². The molecule has 2 amide bonds. The average Bonchev–Trinajstić information content (AvgIpc) is 1.61. The molecule has 0 saturated carbocycles. The monoisotopic (exact) mass is 1770 g/mol. The fraction of sp³-hybridized carbons (Fsp3) is 0.443. The first-order valence-electron chi connectivity index (χ1n) is 49.7. The first kappa shape index (κ1) is 124. The highest BCUT2D eigenvalue weighted by atomic mass is 16.5. The van der Waals surface area contributed by atoms with Crippen molar-refractivity contribution in [2.45, 2.75) is 337 Å². The van der Waals surface area contributed by atoms with E-state index in [1.165, 1.54) is 96.1 Å². The normalized spacial score (nSPS) is 12.3. The van der Waals surface area contributed by atoms with E-state index in [1.807, 2.05) is 278 Å². The predicted octanol–water partition coefficient (Wildman–Crippen LogP) is 37.4. The molecule has 0 saturated heterocycles. The minimum atomic E-state index is -0.439. The number of fused-ring (bicyclic) bond motifs is 3. The van der Waals surface area contributed by atoms with Crippen molar-refractivity contribution in [3.8, 4) is 11.5 Å². The zero-order valence-electron chi connectivity index (χ0n) is 88.6. The molecule has 0 spiro atoms. The summed E-state index contributed by atoms with van der Waals surface area (Å²) in [5.74, 6) is 4.57. The van der Waals surface area contributed by atoms with E-state index in [0.717, 1.165) is 42.1 Å². The Bertz CT molecular complexity index is 4780. The van der Waals surface area contributed by atoms with Crippen LogP contribution in [-0.4, -0.2) is 23.8 Å². The van der Waals surface area contributed by atoms with Crippen LogP contribution in [-0.2, 0) is 25.7 Å².